The molecule has 108 valence electrons. The molecule has 2 aliphatic carbocycles. The molecule has 2 aliphatic heterocycles. The Hall–Kier alpha value is -0.460. The topological polar surface area (TPSA) is 63.6 Å². The van der Waals surface area contributed by atoms with Crippen LogP contribution in [0.2, 0.25) is 0 Å². The third kappa shape index (κ3) is 1.67. The van der Waals surface area contributed by atoms with E-state index >= 15 is 0 Å². The third-order valence-corrected chi connectivity index (χ3v) is 8.52. The van der Waals surface area contributed by atoms with Gasteiger partial charge < -0.3 is 9.84 Å². The van der Waals surface area contributed by atoms with Gasteiger partial charge in [-0.15, -0.1) is 23.5 Å². The first-order valence-electron chi connectivity index (χ1n) is 7.04. The monoisotopic (exact) mass is 312 g/mol. The van der Waals surface area contributed by atoms with Gasteiger partial charge in [-0.3, -0.25) is 9.59 Å². The Balaban J connectivity index is 1.77. The normalized spacial score (nSPS) is 42.1. The summed E-state index contributed by atoms with van der Waals surface area (Å²) in [6, 6.07) is 0. The van der Waals surface area contributed by atoms with Gasteiger partial charge in [0.1, 0.15) is 0 Å². The highest BCUT2D eigenvalue weighted by Crippen LogP contribution is 2.61. The van der Waals surface area contributed by atoms with Crippen LogP contribution in [0.5, 0.6) is 0 Å². The van der Waals surface area contributed by atoms with Gasteiger partial charge in [-0.05, 0) is 24.8 Å². The molecule has 20 heavy (non-hydrogen) atoms. The Bertz CT molecular complexity index is 509. The lowest BCUT2D eigenvalue weighted by molar-refractivity contribution is -0.154. The third-order valence-electron chi connectivity index (χ3n) is 4.92. The van der Waals surface area contributed by atoms with E-state index in [0.29, 0.717) is 12.8 Å². The van der Waals surface area contributed by atoms with Crippen LogP contribution < -0.4 is 0 Å². The maximum atomic E-state index is 12.0. The minimum Gasteiger partial charge on any atom is -0.393 e. The maximum absolute atomic E-state index is 12.0. The zero-order chi connectivity index (χ0) is 13.9. The summed E-state index contributed by atoms with van der Waals surface area (Å²) in [5, 5.41) is 10.4. The van der Waals surface area contributed by atoms with E-state index in [1.54, 1.807) is 0 Å². The number of carbonyl (C=O) groups is 2. The lowest BCUT2D eigenvalue weighted by Gasteiger charge is -2.46. The van der Waals surface area contributed by atoms with Gasteiger partial charge in [0.05, 0.1) is 22.0 Å². The molecule has 0 bridgehead atoms. The second-order valence-corrected chi connectivity index (χ2v) is 8.90. The first-order chi connectivity index (χ1) is 9.62. The van der Waals surface area contributed by atoms with Crippen LogP contribution in [0, 0.1) is 17.8 Å². The predicted octanol–water partition coefficient (Wildman–Crippen LogP) is 1.58. The predicted molar refractivity (Wildman–Crippen MR) is 77.2 cm³/mol. The molecule has 1 saturated carbocycles. The summed E-state index contributed by atoms with van der Waals surface area (Å²) in [5.74, 6) is 0.326. The Kier molecular flexibility index (Phi) is 2.98. The molecule has 2 saturated heterocycles. The number of hydrogen-bond acceptors (Lipinski definition) is 6. The number of hydrogen-bond donors (Lipinski definition) is 1. The fraction of sp³-hybridized carbons (Fsp3) is 0.714. The van der Waals surface area contributed by atoms with Gasteiger partial charge in [-0.25, -0.2) is 0 Å². The van der Waals surface area contributed by atoms with E-state index in [9.17, 15) is 14.7 Å². The van der Waals surface area contributed by atoms with Crippen LogP contribution in [-0.4, -0.2) is 38.7 Å². The largest absolute Gasteiger partial charge is 0.393 e. The molecule has 4 aliphatic rings. The van der Waals surface area contributed by atoms with E-state index in [0.717, 1.165) is 17.9 Å². The number of carbonyl (C=O) groups excluding carboxylic acids is 2. The second-order valence-electron chi connectivity index (χ2n) is 5.85. The number of ether oxygens (including phenoxy) is 1. The molecule has 4 nitrogen and oxygen atoms in total. The highest BCUT2D eigenvalue weighted by Gasteiger charge is 2.58. The standard InChI is InChI=1S/C14H16O4S2/c15-9-3-4-14(19-5-6-20-14)8-2-1-7-10(11(8)9)13(17)18-12(7)16/h2,7,9-11,15H,1,3-6H2/t7-,9+,10-,11-/m0/s1. The van der Waals surface area contributed by atoms with Crippen LogP contribution in [0.3, 0.4) is 0 Å². The molecular formula is C14H16O4S2. The summed E-state index contributed by atoms with van der Waals surface area (Å²) >= 11 is 3.87. The lowest BCUT2D eigenvalue weighted by atomic mass is 9.66. The summed E-state index contributed by atoms with van der Waals surface area (Å²) in [5.41, 5.74) is 1.19. The van der Waals surface area contributed by atoms with Gasteiger partial charge in [-0.1, -0.05) is 6.08 Å². The average Bonchev–Trinajstić information content (AvgIpc) is 3.01. The fourth-order valence-corrected chi connectivity index (χ4v) is 7.52. The number of cyclic esters (lactones) is 2. The van der Waals surface area contributed by atoms with Gasteiger partial charge in [0, 0.05) is 17.4 Å². The van der Waals surface area contributed by atoms with Gasteiger partial charge in [-0.2, -0.15) is 0 Å². The average molecular weight is 312 g/mol. The summed E-state index contributed by atoms with van der Waals surface area (Å²) in [4.78, 5) is 23.8. The van der Waals surface area contributed by atoms with Gasteiger partial charge in [0.15, 0.2) is 0 Å². The van der Waals surface area contributed by atoms with E-state index < -0.39 is 24.0 Å². The molecule has 0 aromatic heterocycles. The van der Waals surface area contributed by atoms with Crippen molar-refractivity contribution in [2.75, 3.05) is 11.5 Å². The van der Waals surface area contributed by atoms with Crippen molar-refractivity contribution in [3.05, 3.63) is 11.6 Å². The van der Waals surface area contributed by atoms with Gasteiger partial charge in [0.2, 0.25) is 0 Å². The Morgan fingerprint density at radius 1 is 1.20 bits per heavy atom. The van der Waals surface area contributed by atoms with E-state index in [4.69, 9.17) is 4.74 Å². The fourth-order valence-electron chi connectivity index (χ4n) is 4.06. The SMILES string of the molecule is O=C1OC(=O)[C@H]2CC=C3[C@H]([C@@H]12)[C@H](O)CCC31SCCS1. The molecule has 4 atom stereocenters. The summed E-state index contributed by atoms with van der Waals surface area (Å²) < 4.78 is 4.85. The van der Waals surface area contributed by atoms with Crippen molar-refractivity contribution in [2.45, 2.75) is 29.4 Å². The molecule has 2 heterocycles. The first-order valence-corrected chi connectivity index (χ1v) is 9.01. The molecule has 6 heteroatoms. The number of thioether (sulfide) groups is 2. The highest BCUT2D eigenvalue weighted by atomic mass is 32.2. The number of aliphatic hydroxyl groups is 1. The Morgan fingerprint density at radius 2 is 1.95 bits per heavy atom. The molecule has 0 aromatic carbocycles. The molecule has 0 amide bonds. The number of rotatable bonds is 0. The smallest absolute Gasteiger partial charge is 0.318 e. The minimum absolute atomic E-state index is 0.0286. The highest BCUT2D eigenvalue weighted by molar-refractivity contribution is 8.21. The molecule has 0 radical (unpaired) electrons. The van der Waals surface area contributed by atoms with Crippen molar-refractivity contribution in [2.24, 2.45) is 17.8 Å². The van der Waals surface area contributed by atoms with Crippen LogP contribution in [0.1, 0.15) is 19.3 Å². The van der Waals surface area contributed by atoms with Gasteiger partial charge in [0.25, 0.3) is 0 Å². The molecule has 0 unspecified atom stereocenters. The minimum atomic E-state index is -0.528. The van der Waals surface area contributed by atoms with Crippen molar-refractivity contribution < 1.29 is 19.4 Å². The molecule has 1 N–H and O–H groups in total. The quantitative estimate of drug-likeness (QED) is 0.416. The summed E-state index contributed by atoms with van der Waals surface area (Å²) in [6.07, 6.45) is 3.81. The van der Waals surface area contributed by atoms with E-state index in [-0.39, 0.29) is 15.9 Å². The molecule has 4 rings (SSSR count). The Morgan fingerprint density at radius 3 is 2.70 bits per heavy atom. The van der Waals surface area contributed by atoms with Gasteiger partial charge >= 0.3 is 11.9 Å². The maximum Gasteiger partial charge on any atom is 0.318 e. The van der Waals surface area contributed by atoms with E-state index in [1.807, 2.05) is 23.5 Å². The zero-order valence-electron chi connectivity index (χ0n) is 10.9. The van der Waals surface area contributed by atoms with Crippen LogP contribution in [0.15, 0.2) is 11.6 Å². The summed E-state index contributed by atoms with van der Waals surface area (Å²) in [7, 11) is 0. The lowest BCUT2D eigenvalue weighted by Crippen LogP contribution is -2.47. The number of fused-ring (bicyclic) bond motifs is 4. The van der Waals surface area contributed by atoms with E-state index in [1.165, 1.54) is 5.57 Å². The molecule has 1 spiro atoms. The second kappa shape index (κ2) is 4.52. The van der Waals surface area contributed by atoms with Crippen LogP contribution >= 0.6 is 23.5 Å². The van der Waals surface area contributed by atoms with Crippen molar-refractivity contribution in [3.8, 4) is 0 Å². The molecule has 0 aromatic rings. The van der Waals surface area contributed by atoms with Crippen LogP contribution in [-0.2, 0) is 14.3 Å². The number of aliphatic hydroxyl groups excluding tert-OH is 1. The molecular weight excluding hydrogens is 296 g/mol. The Labute approximate surface area is 125 Å². The number of esters is 2. The molecule has 3 fully saturated rings. The van der Waals surface area contributed by atoms with Crippen LogP contribution in [0.25, 0.3) is 0 Å². The summed E-state index contributed by atoms with van der Waals surface area (Å²) in [6.45, 7) is 0. The number of allylic oxidation sites excluding steroid dienone is 1. The van der Waals surface area contributed by atoms with Crippen molar-refractivity contribution in [3.63, 3.8) is 0 Å². The van der Waals surface area contributed by atoms with Crippen LogP contribution in [0.4, 0.5) is 0 Å². The first kappa shape index (κ1) is 13.2. The van der Waals surface area contributed by atoms with Crippen molar-refractivity contribution >= 4 is 35.5 Å². The van der Waals surface area contributed by atoms with Crippen molar-refractivity contribution in [1.82, 2.24) is 0 Å². The van der Waals surface area contributed by atoms with E-state index in [2.05, 4.69) is 6.08 Å². The zero-order valence-corrected chi connectivity index (χ0v) is 12.5. The van der Waals surface area contributed by atoms with Crippen molar-refractivity contribution in [1.29, 1.82) is 0 Å².